The fraction of sp³-hybridized carbons (Fsp3) is 0.579. The van der Waals surface area contributed by atoms with Gasteiger partial charge in [0.25, 0.3) is 0 Å². The van der Waals surface area contributed by atoms with Crippen LogP contribution in [0.1, 0.15) is 33.1 Å². The molecule has 1 aromatic carbocycles. The van der Waals surface area contributed by atoms with Gasteiger partial charge in [-0.25, -0.2) is 0 Å². The van der Waals surface area contributed by atoms with E-state index in [2.05, 4.69) is 5.32 Å². The molecule has 0 saturated carbocycles. The molecule has 2 amide bonds. The first-order valence-electron chi connectivity index (χ1n) is 8.84. The Morgan fingerprint density at radius 1 is 1.36 bits per heavy atom. The first kappa shape index (κ1) is 17.7. The van der Waals surface area contributed by atoms with Gasteiger partial charge in [0.05, 0.1) is 12.1 Å². The van der Waals surface area contributed by atoms with E-state index in [-0.39, 0.29) is 24.0 Å². The second-order valence-corrected chi connectivity index (χ2v) is 7.41. The molecule has 0 unspecified atom stereocenters. The molecule has 2 saturated heterocycles. The molecular weight excluding hydrogens is 320 g/mol. The van der Waals surface area contributed by atoms with Crippen LogP contribution in [0.3, 0.4) is 0 Å². The fourth-order valence-electron chi connectivity index (χ4n) is 3.45. The summed E-state index contributed by atoms with van der Waals surface area (Å²) in [7, 11) is 0. The van der Waals surface area contributed by atoms with Crippen LogP contribution in [0.25, 0.3) is 0 Å². The van der Waals surface area contributed by atoms with Crippen LogP contribution in [0.2, 0.25) is 0 Å². The van der Waals surface area contributed by atoms with Crippen molar-refractivity contribution >= 4 is 11.8 Å². The smallest absolute Gasteiger partial charge is 0.224 e. The van der Waals surface area contributed by atoms with Gasteiger partial charge in [0.1, 0.15) is 18.5 Å². The van der Waals surface area contributed by atoms with E-state index in [1.807, 2.05) is 49.1 Å². The Bertz CT molecular complexity index is 617. The first-order valence-corrected chi connectivity index (χ1v) is 8.84. The number of nitrogens with one attached hydrogen (secondary N) is 1. The van der Waals surface area contributed by atoms with Gasteiger partial charge < -0.3 is 19.7 Å². The Labute approximate surface area is 148 Å². The van der Waals surface area contributed by atoms with Crippen molar-refractivity contribution in [3.63, 3.8) is 0 Å². The summed E-state index contributed by atoms with van der Waals surface area (Å²) >= 11 is 0. The minimum absolute atomic E-state index is 0.0363. The summed E-state index contributed by atoms with van der Waals surface area (Å²) in [6.45, 7) is 5.43. The van der Waals surface area contributed by atoms with Gasteiger partial charge in [-0.2, -0.15) is 0 Å². The van der Waals surface area contributed by atoms with Crippen LogP contribution < -0.4 is 10.1 Å². The number of amides is 2. The highest BCUT2D eigenvalue weighted by atomic mass is 16.5. The van der Waals surface area contributed by atoms with E-state index < -0.39 is 5.60 Å². The quantitative estimate of drug-likeness (QED) is 0.882. The highest BCUT2D eigenvalue weighted by Crippen LogP contribution is 2.23. The Balaban J connectivity index is 1.56. The van der Waals surface area contributed by atoms with Crippen molar-refractivity contribution in [3.05, 3.63) is 30.3 Å². The summed E-state index contributed by atoms with van der Waals surface area (Å²) in [6, 6.07) is 9.55. The number of hydrogen-bond donors (Lipinski definition) is 1. The molecule has 2 aliphatic heterocycles. The van der Waals surface area contributed by atoms with Gasteiger partial charge >= 0.3 is 0 Å². The summed E-state index contributed by atoms with van der Waals surface area (Å²) in [5.41, 5.74) is -0.419. The van der Waals surface area contributed by atoms with Crippen LogP contribution in [0.5, 0.6) is 5.75 Å². The van der Waals surface area contributed by atoms with Gasteiger partial charge in [-0.05, 0) is 32.4 Å². The topological polar surface area (TPSA) is 67.9 Å². The summed E-state index contributed by atoms with van der Waals surface area (Å²) in [5, 5.41) is 2.86. The second kappa shape index (κ2) is 7.44. The van der Waals surface area contributed by atoms with Crippen molar-refractivity contribution in [2.75, 3.05) is 19.7 Å². The van der Waals surface area contributed by atoms with E-state index in [1.54, 1.807) is 0 Å². The molecule has 3 rings (SSSR count). The van der Waals surface area contributed by atoms with E-state index in [9.17, 15) is 9.59 Å². The van der Waals surface area contributed by atoms with Gasteiger partial charge in [0.15, 0.2) is 0 Å². The van der Waals surface area contributed by atoms with Crippen molar-refractivity contribution in [2.45, 2.75) is 50.9 Å². The van der Waals surface area contributed by atoms with Gasteiger partial charge in [0.2, 0.25) is 11.8 Å². The van der Waals surface area contributed by atoms with E-state index in [1.165, 1.54) is 0 Å². The van der Waals surface area contributed by atoms with Crippen LogP contribution in [-0.4, -0.2) is 54.2 Å². The molecule has 0 radical (unpaired) electrons. The number of benzene rings is 1. The lowest BCUT2D eigenvalue weighted by atomic mass is 10.0. The van der Waals surface area contributed by atoms with E-state index in [0.29, 0.717) is 32.5 Å². The molecule has 2 atom stereocenters. The predicted molar refractivity (Wildman–Crippen MR) is 93.3 cm³/mol. The van der Waals surface area contributed by atoms with Crippen LogP contribution in [0.15, 0.2) is 30.3 Å². The third kappa shape index (κ3) is 4.95. The normalized spacial score (nSPS) is 25.5. The maximum absolute atomic E-state index is 12.6. The average molecular weight is 346 g/mol. The third-order valence-electron chi connectivity index (χ3n) is 4.52. The zero-order chi connectivity index (χ0) is 17.9. The number of morpholine rings is 1. The molecule has 2 fully saturated rings. The Morgan fingerprint density at radius 2 is 2.12 bits per heavy atom. The molecule has 6 heteroatoms. The van der Waals surface area contributed by atoms with E-state index in [0.717, 1.165) is 12.2 Å². The van der Waals surface area contributed by atoms with Crippen molar-refractivity contribution in [2.24, 2.45) is 0 Å². The lowest BCUT2D eigenvalue weighted by molar-refractivity contribution is -0.165. The number of para-hydroxylation sites is 1. The molecule has 0 spiro atoms. The van der Waals surface area contributed by atoms with Gasteiger partial charge in [-0.15, -0.1) is 0 Å². The number of carbonyl (C=O) groups excluding carboxylic acids is 2. The van der Waals surface area contributed by atoms with Gasteiger partial charge in [-0.3, -0.25) is 9.59 Å². The van der Waals surface area contributed by atoms with Crippen LogP contribution in [0, 0.1) is 0 Å². The number of hydrogen-bond acceptors (Lipinski definition) is 4. The van der Waals surface area contributed by atoms with Crippen molar-refractivity contribution in [3.8, 4) is 5.75 Å². The molecular formula is C19H26N2O4. The number of carbonyl (C=O) groups is 2. The van der Waals surface area contributed by atoms with Crippen LogP contribution >= 0.6 is 0 Å². The zero-order valence-electron chi connectivity index (χ0n) is 14.9. The van der Waals surface area contributed by atoms with Gasteiger partial charge in [-0.1, -0.05) is 18.2 Å². The van der Waals surface area contributed by atoms with E-state index >= 15 is 0 Å². The summed E-state index contributed by atoms with van der Waals surface area (Å²) in [5.74, 6) is 0.892. The highest BCUT2D eigenvalue weighted by molar-refractivity contribution is 5.82. The third-order valence-corrected chi connectivity index (χ3v) is 4.52. The van der Waals surface area contributed by atoms with Gasteiger partial charge in [0, 0.05) is 25.4 Å². The number of rotatable bonds is 5. The molecule has 0 bridgehead atoms. The molecule has 6 nitrogen and oxygen atoms in total. The summed E-state index contributed by atoms with van der Waals surface area (Å²) in [6.07, 6.45) is 1.43. The minimum atomic E-state index is -0.419. The number of nitrogens with zero attached hydrogens (tertiary/aromatic N) is 1. The van der Waals surface area contributed by atoms with Crippen molar-refractivity contribution in [1.82, 2.24) is 10.2 Å². The van der Waals surface area contributed by atoms with E-state index in [4.69, 9.17) is 9.47 Å². The van der Waals surface area contributed by atoms with Crippen LogP contribution in [0.4, 0.5) is 0 Å². The zero-order valence-corrected chi connectivity index (χ0v) is 14.9. The molecule has 2 heterocycles. The minimum Gasteiger partial charge on any atom is -0.491 e. The lowest BCUT2D eigenvalue weighted by Crippen LogP contribution is -2.56. The molecule has 0 aliphatic carbocycles. The largest absolute Gasteiger partial charge is 0.491 e. The molecule has 136 valence electrons. The fourth-order valence-corrected chi connectivity index (χ4v) is 3.45. The maximum atomic E-state index is 12.6. The predicted octanol–water partition coefficient (Wildman–Crippen LogP) is 1.74. The molecule has 0 aromatic heterocycles. The monoisotopic (exact) mass is 346 g/mol. The van der Waals surface area contributed by atoms with Crippen LogP contribution in [-0.2, 0) is 14.3 Å². The summed E-state index contributed by atoms with van der Waals surface area (Å²) < 4.78 is 11.9. The molecule has 25 heavy (non-hydrogen) atoms. The first-order chi connectivity index (χ1) is 11.9. The standard InChI is InChI=1S/C19H26N2O4/c1-19(2)13-21(18(23)10-14-8-9-17(22)20-14)11-16(25-19)12-24-15-6-4-3-5-7-15/h3-7,14,16H,8-13H2,1-2H3,(H,20,22)/t14-,16-/m0/s1. The molecule has 1 N–H and O–H groups in total. The maximum Gasteiger partial charge on any atom is 0.224 e. The lowest BCUT2D eigenvalue weighted by Gasteiger charge is -2.43. The molecule has 1 aromatic rings. The Kier molecular flexibility index (Phi) is 5.27. The number of ether oxygens (including phenoxy) is 2. The SMILES string of the molecule is CC1(C)CN(C(=O)C[C@@H]2CCC(=O)N2)C[C@@H](COc2ccccc2)O1. The summed E-state index contributed by atoms with van der Waals surface area (Å²) in [4.78, 5) is 25.8. The molecule has 2 aliphatic rings. The second-order valence-electron chi connectivity index (χ2n) is 7.41. The highest BCUT2D eigenvalue weighted by Gasteiger charge is 2.37. The Hall–Kier alpha value is -2.08. The Morgan fingerprint density at radius 3 is 2.80 bits per heavy atom. The van der Waals surface area contributed by atoms with Crippen molar-refractivity contribution < 1.29 is 19.1 Å². The average Bonchev–Trinajstić information content (AvgIpc) is 2.97. The van der Waals surface area contributed by atoms with Crippen molar-refractivity contribution in [1.29, 1.82) is 0 Å².